The van der Waals surface area contributed by atoms with E-state index in [1.165, 1.54) is 18.5 Å². The van der Waals surface area contributed by atoms with Gasteiger partial charge < -0.3 is 5.32 Å². The van der Waals surface area contributed by atoms with E-state index < -0.39 is 0 Å². The van der Waals surface area contributed by atoms with Crippen molar-refractivity contribution in [3.8, 4) is 22.5 Å². The number of aryl methyl sites for hydroxylation is 1. The van der Waals surface area contributed by atoms with Crippen LogP contribution in [0.25, 0.3) is 28.2 Å². The number of fused-ring (bicyclic) bond motifs is 1. The lowest BCUT2D eigenvalue weighted by Crippen LogP contribution is -2.08. The van der Waals surface area contributed by atoms with Crippen LogP contribution in [0, 0.1) is 5.82 Å². The molecule has 0 bridgehead atoms. The van der Waals surface area contributed by atoms with Crippen LogP contribution >= 0.6 is 0 Å². The number of pyridine rings is 1. The molecule has 0 spiro atoms. The van der Waals surface area contributed by atoms with Crippen LogP contribution in [0.3, 0.4) is 0 Å². The molecule has 0 amide bonds. The van der Waals surface area contributed by atoms with Gasteiger partial charge in [0.15, 0.2) is 0 Å². The number of nitrogens with zero attached hydrogens (tertiary/aromatic N) is 6. The van der Waals surface area contributed by atoms with E-state index >= 15 is 0 Å². The van der Waals surface area contributed by atoms with E-state index in [4.69, 9.17) is 0 Å². The quantitative estimate of drug-likeness (QED) is 0.459. The third-order valence-corrected chi connectivity index (χ3v) is 5.22. The van der Waals surface area contributed by atoms with Crippen LogP contribution in [0.15, 0.2) is 73.6 Å². The fourth-order valence-corrected chi connectivity index (χ4v) is 3.56. The number of rotatable bonds is 5. The van der Waals surface area contributed by atoms with E-state index in [1.807, 2.05) is 25.5 Å². The molecule has 0 aliphatic carbocycles. The van der Waals surface area contributed by atoms with E-state index in [2.05, 4.69) is 56.6 Å². The first-order chi connectivity index (χ1) is 15.1. The van der Waals surface area contributed by atoms with Crippen molar-refractivity contribution in [1.82, 2.24) is 29.1 Å². The first-order valence-corrected chi connectivity index (χ1v) is 9.87. The van der Waals surface area contributed by atoms with Gasteiger partial charge in [0.25, 0.3) is 0 Å². The Bertz CT molecular complexity index is 1350. The molecule has 0 aliphatic rings. The van der Waals surface area contributed by atoms with Gasteiger partial charge in [0.05, 0.1) is 23.8 Å². The number of anilines is 1. The molecule has 1 N–H and O–H groups in total. The van der Waals surface area contributed by atoms with Crippen molar-refractivity contribution in [3.05, 3.63) is 85.0 Å². The number of benzene rings is 1. The van der Waals surface area contributed by atoms with Crippen molar-refractivity contribution in [3.63, 3.8) is 0 Å². The first kappa shape index (κ1) is 18.9. The van der Waals surface area contributed by atoms with Crippen molar-refractivity contribution in [2.45, 2.75) is 13.0 Å². The molecule has 0 saturated heterocycles. The highest BCUT2D eigenvalue weighted by atomic mass is 19.1. The minimum absolute atomic E-state index is 0.0435. The molecule has 0 aliphatic heterocycles. The van der Waals surface area contributed by atoms with Gasteiger partial charge in [-0.05, 0) is 24.1 Å². The van der Waals surface area contributed by atoms with Gasteiger partial charge in [0.2, 0.25) is 0 Å². The van der Waals surface area contributed by atoms with Crippen LogP contribution in [-0.2, 0) is 7.05 Å². The number of imidazole rings is 1. The Kier molecular flexibility index (Phi) is 4.66. The molecule has 7 nitrogen and oxygen atoms in total. The fourth-order valence-electron chi connectivity index (χ4n) is 3.56. The third kappa shape index (κ3) is 3.75. The topological polar surface area (TPSA) is 72.9 Å². The highest BCUT2D eigenvalue weighted by Gasteiger charge is 2.12. The number of hydrogen-bond acceptors (Lipinski definition) is 5. The summed E-state index contributed by atoms with van der Waals surface area (Å²) in [6, 6.07) is 13.1. The Hall–Kier alpha value is -4.07. The summed E-state index contributed by atoms with van der Waals surface area (Å²) < 4.78 is 17.0. The minimum Gasteiger partial charge on any atom is -0.363 e. The van der Waals surface area contributed by atoms with Crippen molar-refractivity contribution < 1.29 is 4.39 Å². The lowest BCUT2D eigenvalue weighted by Gasteiger charge is -2.15. The SMILES string of the molecule is CC(Nc1cc(-c2cnc3cc(F)ccn23)ncn1)c1ccc(-c2cnn(C)c2)cc1. The minimum atomic E-state index is -0.321. The van der Waals surface area contributed by atoms with Crippen LogP contribution in [0.5, 0.6) is 0 Å². The van der Waals surface area contributed by atoms with Gasteiger partial charge in [-0.2, -0.15) is 5.10 Å². The molecule has 4 aromatic heterocycles. The summed E-state index contributed by atoms with van der Waals surface area (Å²) in [6.07, 6.45) is 8.69. The predicted molar refractivity (Wildman–Crippen MR) is 117 cm³/mol. The molecular weight excluding hydrogens is 393 g/mol. The summed E-state index contributed by atoms with van der Waals surface area (Å²) in [5, 5.41) is 7.65. The molecule has 0 radical (unpaired) electrons. The van der Waals surface area contributed by atoms with E-state index in [-0.39, 0.29) is 11.9 Å². The zero-order chi connectivity index (χ0) is 21.4. The zero-order valence-corrected chi connectivity index (χ0v) is 17.1. The van der Waals surface area contributed by atoms with E-state index in [1.54, 1.807) is 21.5 Å². The average Bonchev–Trinajstić information content (AvgIpc) is 3.40. The molecule has 31 heavy (non-hydrogen) atoms. The second kappa shape index (κ2) is 7.64. The second-order valence-electron chi connectivity index (χ2n) is 7.40. The van der Waals surface area contributed by atoms with Gasteiger partial charge in [-0.1, -0.05) is 24.3 Å². The summed E-state index contributed by atoms with van der Waals surface area (Å²) in [6.45, 7) is 2.08. The van der Waals surface area contributed by atoms with Gasteiger partial charge in [0.1, 0.15) is 23.6 Å². The Morgan fingerprint density at radius 1 is 0.968 bits per heavy atom. The Morgan fingerprint density at radius 2 is 1.81 bits per heavy atom. The molecule has 1 unspecified atom stereocenters. The summed E-state index contributed by atoms with van der Waals surface area (Å²) >= 11 is 0. The van der Waals surface area contributed by atoms with Crippen LogP contribution < -0.4 is 5.32 Å². The fraction of sp³-hybridized carbons (Fsp3) is 0.130. The smallest absolute Gasteiger partial charge is 0.140 e. The number of halogens is 1. The highest BCUT2D eigenvalue weighted by molar-refractivity contribution is 5.64. The van der Waals surface area contributed by atoms with Crippen LogP contribution in [0.2, 0.25) is 0 Å². The average molecular weight is 413 g/mol. The van der Waals surface area contributed by atoms with Crippen LogP contribution in [0.4, 0.5) is 10.2 Å². The van der Waals surface area contributed by atoms with Gasteiger partial charge in [-0.3, -0.25) is 9.08 Å². The predicted octanol–water partition coefficient (Wildman–Crippen LogP) is 4.50. The molecular formula is C23H20FN7. The van der Waals surface area contributed by atoms with Gasteiger partial charge >= 0.3 is 0 Å². The van der Waals surface area contributed by atoms with E-state index in [9.17, 15) is 4.39 Å². The third-order valence-electron chi connectivity index (χ3n) is 5.22. The van der Waals surface area contributed by atoms with Crippen molar-refractivity contribution in [1.29, 1.82) is 0 Å². The summed E-state index contributed by atoms with van der Waals surface area (Å²) in [4.78, 5) is 13.0. The van der Waals surface area contributed by atoms with Gasteiger partial charge in [-0.25, -0.2) is 19.3 Å². The van der Waals surface area contributed by atoms with Gasteiger partial charge in [0, 0.05) is 43.2 Å². The standard InChI is InChI=1S/C23H20FN7/c1-15(16-3-5-17(6-4-16)18-11-28-30(2)13-18)29-22-10-20(26-14-27-22)21-12-25-23-9-19(24)7-8-31(21)23/h3-15H,1-2H3,(H,26,27,29). The van der Waals surface area contributed by atoms with E-state index in [0.29, 0.717) is 17.2 Å². The van der Waals surface area contributed by atoms with Crippen LogP contribution in [0.1, 0.15) is 18.5 Å². The molecule has 1 atom stereocenters. The molecule has 8 heteroatoms. The monoisotopic (exact) mass is 413 g/mol. The molecule has 4 heterocycles. The molecule has 154 valence electrons. The summed E-state index contributed by atoms with van der Waals surface area (Å²) in [7, 11) is 1.91. The van der Waals surface area contributed by atoms with Crippen molar-refractivity contribution in [2.75, 3.05) is 5.32 Å². The Labute approximate surface area is 178 Å². The van der Waals surface area contributed by atoms with Gasteiger partial charge in [-0.15, -0.1) is 0 Å². The largest absolute Gasteiger partial charge is 0.363 e. The van der Waals surface area contributed by atoms with E-state index in [0.717, 1.165) is 22.4 Å². The molecule has 5 rings (SSSR count). The number of aromatic nitrogens is 6. The Morgan fingerprint density at radius 3 is 2.58 bits per heavy atom. The second-order valence-corrected chi connectivity index (χ2v) is 7.40. The van der Waals surface area contributed by atoms with Crippen LogP contribution in [-0.4, -0.2) is 29.1 Å². The lowest BCUT2D eigenvalue weighted by atomic mass is 10.0. The molecule has 5 aromatic rings. The number of hydrogen-bond donors (Lipinski definition) is 1. The molecule has 1 aromatic carbocycles. The molecule has 0 fully saturated rings. The highest BCUT2D eigenvalue weighted by Crippen LogP contribution is 2.25. The first-order valence-electron chi connectivity index (χ1n) is 9.87. The summed E-state index contributed by atoms with van der Waals surface area (Å²) in [5.41, 5.74) is 5.35. The number of nitrogens with one attached hydrogen (secondary N) is 1. The maximum atomic E-state index is 13.4. The maximum absolute atomic E-state index is 13.4. The van der Waals surface area contributed by atoms with Crippen molar-refractivity contribution in [2.24, 2.45) is 7.05 Å². The van der Waals surface area contributed by atoms with Crippen molar-refractivity contribution >= 4 is 11.5 Å². The summed E-state index contributed by atoms with van der Waals surface area (Å²) in [5.74, 6) is 0.379. The normalized spacial score (nSPS) is 12.2. The maximum Gasteiger partial charge on any atom is 0.140 e. The Balaban J connectivity index is 1.36. The molecule has 0 saturated carbocycles. The zero-order valence-electron chi connectivity index (χ0n) is 17.1. The lowest BCUT2D eigenvalue weighted by molar-refractivity contribution is 0.626.